The Morgan fingerprint density at radius 1 is 1.16 bits per heavy atom. The first-order valence-electron chi connectivity index (χ1n) is 11.8. The summed E-state index contributed by atoms with van der Waals surface area (Å²) in [7, 11) is 0.309. The number of halogens is 1. The van der Waals surface area contributed by atoms with Gasteiger partial charge in [0.2, 0.25) is 0 Å². The summed E-state index contributed by atoms with van der Waals surface area (Å²) in [5, 5.41) is 12.8. The van der Waals surface area contributed by atoms with Crippen molar-refractivity contribution in [2.24, 2.45) is 0 Å². The summed E-state index contributed by atoms with van der Waals surface area (Å²) in [4.78, 5) is 26.3. The van der Waals surface area contributed by atoms with Gasteiger partial charge in [0.25, 0.3) is 10.2 Å². The predicted octanol–water partition coefficient (Wildman–Crippen LogP) is 2.32. The lowest BCUT2D eigenvalue weighted by molar-refractivity contribution is 0.172. The molecule has 0 unspecified atom stereocenters. The molecule has 0 fully saturated rings. The van der Waals surface area contributed by atoms with Crippen LogP contribution in [0.5, 0.6) is 5.75 Å². The second kappa shape index (κ2) is 12.8. The highest BCUT2D eigenvalue weighted by Crippen LogP contribution is 2.28. The van der Waals surface area contributed by atoms with E-state index in [2.05, 4.69) is 14.8 Å². The SMILES string of the molecule is CNS(=O)(=O)Nc1cccc(Cc2c(CNCCCCO)c3ccc(OC(=O)N(C)C)cc3oc2=O)c1F. The number of hydrogen-bond donors (Lipinski definition) is 4. The number of hydrogen-bond acceptors (Lipinski definition) is 8. The van der Waals surface area contributed by atoms with Gasteiger partial charge < -0.3 is 24.5 Å². The van der Waals surface area contributed by atoms with E-state index in [9.17, 15) is 18.0 Å². The van der Waals surface area contributed by atoms with Gasteiger partial charge in [0.15, 0.2) is 5.82 Å². The first kappa shape index (κ1) is 29.0. The van der Waals surface area contributed by atoms with Crippen molar-refractivity contribution in [2.75, 3.05) is 39.0 Å². The van der Waals surface area contributed by atoms with Crippen LogP contribution in [0.4, 0.5) is 14.9 Å². The molecule has 13 heteroatoms. The maximum Gasteiger partial charge on any atom is 0.414 e. The summed E-state index contributed by atoms with van der Waals surface area (Å²) in [6.07, 6.45) is 0.555. The first-order valence-corrected chi connectivity index (χ1v) is 13.3. The van der Waals surface area contributed by atoms with Gasteiger partial charge in [-0.3, -0.25) is 4.72 Å². The second-order valence-corrected chi connectivity index (χ2v) is 10.3. The molecule has 0 aliphatic rings. The number of carbonyl (C=O) groups is 1. The number of fused-ring (bicyclic) bond motifs is 1. The minimum atomic E-state index is -3.95. The monoisotopic (exact) mass is 550 g/mol. The molecule has 1 heterocycles. The van der Waals surface area contributed by atoms with Crippen molar-refractivity contribution >= 4 is 33.0 Å². The third kappa shape index (κ3) is 7.28. The van der Waals surface area contributed by atoms with Crippen molar-refractivity contribution < 1.29 is 31.9 Å². The Morgan fingerprint density at radius 3 is 2.61 bits per heavy atom. The van der Waals surface area contributed by atoms with Crippen LogP contribution < -0.4 is 25.1 Å². The molecule has 1 amide bonds. The van der Waals surface area contributed by atoms with Crippen molar-refractivity contribution in [3.63, 3.8) is 0 Å². The number of nitrogens with one attached hydrogen (secondary N) is 3. The average Bonchev–Trinajstić information content (AvgIpc) is 2.87. The fraction of sp³-hybridized carbons (Fsp3) is 0.360. The lowest BCUT2D eigenvalue weighted by Gasteiger charge is -2.15. The maximum absolute atomic E-state index is 15.3. The Labute approximate surface area is 219 Å². The van der Waals surface area contributed by atoms with E-state index in [0.717, 1.165) is 0 Å². The summed E-state index contributed by atoms with van der Waals surface area (Å²) in [5.41, 5.74) is 0.0560. The van der Waals surface area contributed by atoms with E-state index in [1.807, 2.05) is 0 Å². The van der Waals surface area contributed by atoms with Gasteiger partial charge in [-0.15, -0.1) is 0 Å². The minimum absolute atomic E-state index is 0.0617. The lowest BCUT2D eigenvalue weighted by atomic mass is 9.97. The summed E-state index contributed by atoms with van der Waals surface area (Å²) in [6, 6.07) is 8.86. The zero-order valence-corrected chi connectivity index (χ0v) is 22.2. The van der Waals surface area contributed by atoms with Crippen LogP contribution in [0.2, 0.25) is 0 Å². The molecular formula is C25H31FN4O7S. The molecule has 0 spiro atoms. The molecule has 2 aromatic carbocycles. The number of unbranched alkanes of at least 4 members (excludes halogenated alkanes) is 1. The zero-order chi connectivity index (χ0) is 27.9. The van der Waals surface area contributed by atoms with Gasteiger partial charge in [-0.25, -0.2) is 18.7 Å². The number of benzene rings is 2. The fourth-order valence-corrected chi connectivity index (χ4v) is 4.23. The number of amides is 1. The molecule has 3 rings (SSSR count). The molecule has 0 aliphatic carbocycles. The number of carbonyl (C=O) groups excluding carboxylic acids is 1. The third-order valence-electron chi connectivity index (χ3n) is 5.68. The van der Waals surface area contributed by atoms with Crippen molar-refractivity contribution in [1.29, 1.82) is 0 Å². The Balaban J connectivity index is 2.04. The van der Waals surface area contributed by atoms with Crippen LogP contribution in [0.25, 0.3) is 11.0 Å². The highest BCUT2D eigenvalue weighted by molar-refractivity contribution is 7.90. The minimum Gasteiger partial charge on any atom is -0.422 e. The van der Waals surface area contributed by atoms with E-state index >= 15 is 4.39 Å². The molecule has 0 bridgehead atoms. The van der Waals surface area contributed by atoms with Gasteiger partial charge in [-0.1, -0.05) is 12.1 Å². The van der Waals surface area contributed by atoms with Gasteiger partial charge in [-0.2, -0.15) is 8.42 Å². The molecule has 11 nitrogen and oxygen atoms in total. The van der Waals surface area contributed by atoms with E-state index in [-0.39, 0.29) is 47.7 Å². The largest absolute Gasteiger partial charge is 0.422 e. The normalized spacial score (nSPS) is 11.5. The second-order valence-electron chi connectivity index (χ2n) is 8.64. The first-order chi connectivity index (χ1) is 18.1. The van der Waals surface area contributed by atoms with E-state index in [1.165, 1.54) is 50.3 Å². The molecule has 38 heavy (non-hydrogen) atoms. The standard InChI is InChI=1S/C25H31FN4O7S/c1-27-38(34,35)29-21-8-6-7-16(23(21)26)13-19-20(15-28-11-4-5-12-31)18-10-9-17(36-25(33)30(2)3)14-22(18)37-24(19)32/h6-10,14,27-29,31H,4-5,11-13,15H2,1-3H3. The number of aliphatic hydroxyl groups excluding tert-OH is 1. The summed E-state index contributed by atoms with van der Waals surface area (Å²) < 4.78 is 53.9. The summed E-state index contributed by atoms with van der Waals surface area (Å²) in [5.74, 6) is -0.636. The molecule has 0 radical (unpaired) electrons. The van der Waals surface area contributed by atoms with Crippen LogP contribution in [0.1, 0.15) is 29.5 Å². The van der Waals surface area contributed by atoms with E-state index in [4.69, 9.17) is 14.3 Å². The molecule has 0 atom stereocenters. The summed E-state index contributed by atoms with van der Waals surface area (Å²) >= 11 is 0. The van der Waals surface area contributed by atoms with Crippen LogP contribution in [0.3, 0.4) is 0 Å². The van der Waals surface area contributed by atoms with Crippen molar-refractivity contribution in [2.45, 2.75) is 25.8 Å². The van der Waals surface area contributed by atoms with Crippen LogP contribution in [-0.4, -0.2) is 58.8 Å². The molecule has 4 N–H and O–H groups in total. The van der Waals surface area contributed by atoms with E-state index in [0.29, 0.717) is 30.3 Å². The number of rotatable bonds is 12. The predicted molar refractivity (Wildman–Crippen MR) is 141 cm³/mol. The molecule has 0 saturated heterocycles. The Hall–Kier alpha value is -3.52. The molecule has 0 aliphatic heterocycles. The average molecular weight is 551 g/mol. The molecule has 3 aromatic rings. The fourth-order valence-electron chi connectivity index (χ4n) is 3.68. The van der Waals surface area contributed by atoms with E-state index in [1.54, 1.807) is 12.1 Å². The third-order valence-corrected chi connectivity index (χ3v) is 6.71. The molecule has 206 valence electrons. The number of anilines is 1. The van der Waals surface area contributed by atoms with Gasteiger partial charge in [-0.05, 0) is 48.7 Å². The van der Waals surface area contributed by atoms with E-state index < -0.39 is 27.7 Å². The summed E-state index contributed by atoms with van der Waals surface area (Å²) in [6.45, 7) is 0.870. The Morgan fingerprint density at radius 2 is 1.92 bits per heavy atom. The zero-order valence-electron chi connectivity index (χ0n) is 21.3. The highest BCUT2D eigenvalue weighted by Gasteiger charge is 2.20. The van der Waals surface area contributed by atoms with Gasteiger partial charge in [0.05, 0.1) is 5.69 Å². The van der Waals surface area contributed by atoms with Crippen LogP contribution in [0.15, 0.2) is 45.6 Å². The topological polar surface area (TPSA) is 150 Å². The number of nitrogens with zero attached hydrogens (tertiary/aromatic N) is 1. The quantitative estimate of drug-likeness (QED) is 0.198. The Kier molecular flexibility index (Phi) is 9.80. The van der Waals surface area contributed by atoms with Crippen LogP contribution >= 0.6 is 0 Å². The number of aliphatic hydroxyl groups is 1. The van der Waals surface area contributed by atoms with Crippen LogP contribution in [-0.2, 0) is 23.2 Å². The maximum atomic E-state index is 15.3. The van der Waals surface area contributed by atoms with Crippen LogP contribution in [0, 0.1) is 5.82 Å². The van der Waals surface area contributed by atoms with Gasteiger partial charge in [0.1, 0.15) is 11.3 Å². The van der Waals surface area contributed by atoms with Crippen molar-refractivity contribution in [1.82, 2.24) is 14.9 Å². The highest BCUT2D eigenvalue weighted by atomic mass is 32.2. The van der Waals surface area contributed by atoms with Crippen molar-refractivity contribution in [3.8, 4) is 5.75 Å². The Bertz CT molecular complexity index is 1460. The smallest absolute Gasteiger partial charge is 0.414 e. The molecule has 0 saturated carbocycles. The number of ether oxygens (including phenoxy) is 1. The molecule has 1 aromatic heterocycles. The van der Waals surface area contributed by atoms with Gasteiger partial charge in [0, 0.05) is 57.7 Å². The molecular weight excluding hydrogens is 519 g/mol. The van der Waals surface area contributed by atoms with Gasteiger partial charge >= 0.3 is 11.7 Å². The lowest BCUT2D eigenvalue weighted by Crippen LogP contribution is -2.27. The van der Waals surface area contributed by atoms with Crippen molar-refractivity contribution in [3.05, 3.63) is 69.3 Å².